The van der Waals surface area contributed by atoms with Crippen molar-refractivity contribution in [2.45, 2.75) is 6.54 Å². The summed E-state index contributed by atoms with van der Waals surface area (Å²) in [7, 11) is 0. The molecule has 110 valence electrons. The number of rotatable bonds is 4. The summed E-state index contributed by atoms with van der Waals surface area (Å²) in [6.45, 7) is 0.711. The maximum atomic E-state index is 5.64. The molecule has 4 rings (SSSR count). The van der Waals surface area contributed by atoms with Gasteiger partial charge in [0.25, 0.3) is 0 Å². The molecule has 0 atom stereocenters. The average molecular weight is 295 g/mol. The summed E-state index contributed by atoms with van der Waals surface area (Å²) in [6.07, 6.45) is 0. The van der Waals surface area contributed by atoms with Crippen molar-refractivity contribution in [1.29, 1.82) is 0 Å². The van der Waals surface area contributed by atoms with Crippen molar-refractivity contribution in [2.75, 3.05) is 12.1 Å². The molecule has 2 aromatic carbocycles. The molecule has 0 radical (unpaired) electrons. The molecule has 0 unspecified atom stereocenters. The maximum Gasteiger partial charge on any atom is 0.247 e. The minimum Gasteiger partial charge on any atom is -0.454 e. The van der Waals surface area contributed by atoms with Gasteiger partial charge in [-0.05, 0) is 24.3 Å². The Kier molecular flexibility index (Phi) is 3.12. The molecule has 2 heterocycles. The van der Waals surface area contributed by atoms with Crippen molar-refractivity contribution in [3.8, 4) is 23.0 Å². The first-order valence-electron chi connectivity index (χ1n) is 6.90. The van der Waals surface area contributed by atoms with E-state index in [0.717, 1.165) is 22.7 Å². The maximum absolute atomic E-state index is 5.64. The highest BCUT2D eigenvalue weighted by molar-refractivity contribution is 5.55. The van der Waals surface area contributed by atoms with E-state index in [1.807, 2.05) is 48.5 Å². The van der Waals surface area contributed by atoms with Crippen LogP contribution in [0.2, 0.25) is 0 Å². The van der Waals surface area contributed by atoms with Crippen LogP contribution >= 0.6 is 0 Å². The van der Waals surface area contributed by atoms with Gasteiger partial charge >= 0.3 is 0 Å². The molecule has 1 aliphatic heterocycles. The fourth-order valence-corrected chi connectivity index (χ4v) is 2.21. The fraction of sp³-hybridized carbons (Fsp3) is 0.125. The first-order chi connectivity index (χ1) is 10.9. The van der Waals surface area contributed by atoms with Crippen LogP contribution in [0.1, 0.15) is 5.89 Å². The molecule has 0 saturated carbocycles. The highest BCUT2D eigenvalue weighted by Gasteiger charge is 2.13. The van der Waals surface area contributed by atoms with Gasteiger partial charge in [-0.1, -0.05) is 18.2 Å². The Hall–Kier alpha value is -3.02. The van der Waals surface area contributed by atoms with Gasteiger partial charge in [-0.15, -0.1) is 10.2 Å². The van der Waals surface area contributed by atoms with Gasteiger partial charge < -0.3 is 19.2 Å². The van der Waals surface area contributed by atoms with Gasteiger partial charge in [-0.25, -0.2) is 0 Å². The summed E-state index contributed by atoms with van der Waals surface area (Å²) in [5.74, 6) is 2.54. The molecule has 0 aliphatic carbocycles. The molecular weight excluding hydrogens is 282 g/mol. The van der Waals surface area contributed by atoms with Crippen LogP contribution in [0.25, 0.3) is 11.5 Å². The number of hydrogen-bond acceptors (Lipinski definition) is 6. The second-order valence-corrected chi connectivity index (χ2v) is 4.79. The predicted octanol–water partition coefficient (Wildman–Crippen LogP) is 3.08. The third-order valence-electron chi connectivity index (χ3n) is 3.30. The molecule has 6 nitrogen and oxygen atoms in total. The Labute approximate surface area is 126 Å². The number of aromatic nitrogens is 2. The van der Waals surface area contributed by atoms with Crippen LogP contribution < -0.4 is 14.8 Å². The van der Waals surface area contributed by atoms with Crippen molar-refractivity contribution in [3.63, 3.8) is 0 Å². The summed E-state index contributed by atoms with van der Waals surface area (Å²) in [5.41, 5.74) is 1.81. The number of ether oxygens (including phenoxy) is 2. The molecule has 22 heavy (non-hydrogen) atoms. The second-order valence-electron chi connectivity index (χ2n) is 4.79. The van der Waals surface area contributed by atoms with Gasteiger partial charge in [0, 0.05) is 17.3 Å². The molecule has 0 amide bonds. The van der Waals surface area contributed by atoms with E-state index in [2.05, 4.69) is 15.5 Å². The SMILES string of the molecule is c1ccc(-c2nnc(CNc3ccc4c(c3)OCO4)o2)cc1. The van der Waals surface area contributed by atoms with Gasteiger partial charge in [0.2, 0.25) is 18.6 Å². The number of anilines is 1. The van der Waals surface area contributed by atoms with E-state index in [-0.39, 0.29) is 6.79 Å². The lowest BCUT2D eigenvalue weighted by Crippen LogP contribution is -1.99. The lowest BCUT2D eigenvalue weighted by Gasteiger charge is -2.04. The molecule has 0 fully saturated rings. The van der Waals surface area contributed by atoms with Crippen molar-refractivity contribution < 1.29 is 13.9 Å². The number of fused-ring (bicyclic) bond motifs is 1. The van der Waals surface area contributed by atoms with Crippen LogP contribution in [0.5, 0.6) is 11.5 Å². The minimum atomic E-state index is 0.267. The second kappa shape index (κ2) is 5.40. The largest absolute Gasteiger partial charge is 0.454 e. The van der Waals surface area contributed by atoms with E-state index < -0.39 is 0 Å². The van der Waals surface area contributed by atoms with Gasteiger partial charge in [-0.3, -0.25) is 0 Å². The number of nitrogens with zero attached hydrogens (tertiary/aromatic N) is 2. The molecule has 1 aromatic heterocycles. The van der Waals surface area contributed by atoms with Crippen molar-refractivity contribution in [1.82, 2.24) is 10.2 Å². The molecular formula is C16H13N3O3. The smallest absolute Gasteiger partial charge is 0.247 e. The van der Waals surface area contributed by atoms with Gasteiger partial charge in [0.05, 0.1) is 6.54 Å². The van der Waals surface area contributed by atoms with E-state index in [9.17, 15) is 0 Å². The first kappa shape index (κ1) is 12.7. The van der Waals surface area contributed by atoms with Crippen LogP contribution in [0, 0.1) is 0 Å². The van der Waals surface area contributed by atoms with Crippen molar-refractivity contribution in [3.05, 3.63) is 54.4 Å². The van der Waals surface area contributed by atoms with E-state index in [1.54, 1.807) is 0 Å². The summed E-state index contributed by atoms with van der Waals surface area (Å²) >= 11 is 0. The third-order valence-corrected chi connectivity index (χ3v) is 3.30. The van der Waals surface area contributed by atoms with Crippen LogP contribution in [0.15, 0.2) is 52.9 Å². The number of nitrogens with one attached hydrogen (secondary N) is 1. The van der Waals surface area contributed by atoms with Crippen LogP contribution in [0.3, 0.4) is 0 Å². The first-order valence-corrected chi connectivity index (χ1v) is 6.90. The molecule has 0 saturated heterocycles. The van der Waals surface area contributed by atoms with E-state index >= 15 is 0 Å². The Morgan fingerprint density at radius 2 is 1.82 bits per heavy atom. The standard InChI is InChI=1S/C16H13N3O3/c1-2-4-11(5-3-1)16-19-18-15(22-16)9-17-12-6-7-13-14(8-12)21-10-20-13/h1-8,17H,9-10H2. The molecule has 6 heteroatoms. The zero-order chi connectivity index (χ0) is 14.8. The lowest BCUT2D eigenvalue weighted by atomic mass is 10.2. The highest BCUT2D eigenvalue weighted by atomic mass is 16.7. The summed E-state index contributed by atoms with van der Waals surface area (Å²) in [6, 6.07) is 15.4. The monoisotopic (exact) mass is 295 g/mol. The zero-order valence-corrected chi connectivity index (χ0v) is 11.7. The quantitative estimate of drug-likeness (QED) is 0.797. The van der Waals surface area contributed by atoms with Crippen LogP contribution in [-0.2, 0) is 6.54 Å². The van der Waals surface area contributed by atoms with Crippen molar-refractivity contribution >= 4 is 5.69 Å². The highest BCUT2D eigenvalue weighted by Crippen LogP contribution is 2.34. The summed E-state index contributed by atoms with van der Waals surface area (Å²) in [4.78, 5) is 0. The van der Waals surface area contributed by atoms with Crippen LogP contribution in [-0.4, -0.2) is 17.0 Å². The topological polar surface area (TPSA) is 69.4 Å². The molecule has 0 bridgehead atoms. The molecule has 1 N–H and O–H groups in total. The molecule has 1 aliphatic rings. The third kappa shape index (κ3) is 2.46. The predicted molar refractivity (Wildman–Crippen MR) is 79.6 cm³/mol. The zero-order valence-electron chi connectivity index (χ0n) is 11.7. The molecule has 3 aromatic rings. The summed E-state index contributed by atoms with van der Waals surface area (Å²) in [5, 5.41) is 11.3. The molecule has 0 spiro atoms. The number of benzene rings is 2. The minimum absolute atomic E-state index is 0.267. The van der Waals surface area contributed by atoms with E-state index in [1.165, 1.54) is 0 Å². The average Bonchev–Trinajstić information content (AvgIpc) is 3.22. The van der Waals surface area contributed by atoms with Crippen molar-refractivity contribution in [2.24, 2.45) is 0 Å². The fourth-order valence-electron chi connectivity index (χ4n) is 2.21. The van der Waals surface area contributed by atoms with Gasteiger partial charge in [0.15, 0.2) is 11.5 Å². The lowest BCUT2D eigenvalue weighted by molar-refractivity contribution is 0.174. The Morgan fingerprint density at radius 3 is 2.73 bits per heavy atom. The Balaban J connectivity index is 1.45. The number of hydrogen-bond donors (Lipinski definition) is 1. The van der Waals surface area contributed by atoms with E-state index in [0.29, 0.717) is 18.3 Å². The Morgan fingerprint density at radius 1 is 0.955 bits per heavy atom. The van der Waals surface area contributed by atoms with Crippen LogP contribution in [0.4, 0.5) is 5.69 Å². The van der Waals surface area contributed by atoms with E-state index in [4.69, 9.17) is 13.9 Å². The Bertz CT molecular complexity index is 786. The summed E-state index contributed by atoms with van der Waals surface area (Å²) < 4.78 is 16.3. The normalized spacial score (nSPS) is 12.4. The van der Waals surface area contributed by atoms with Gasteiger partial charge in [0.1, 0.15) is 0 Å². The van der Waals surface area contributed by atoms with Gasteiger partial charge in [-0.2, -0.15) is 0 Å².